The van der Waals surface area contributed by atoms with E-state index in [-0.39, 0.29) is 11.3 Å². The van der Waals surface area contributed by atoms with Crippen molar-refractivity contribution in [3.8, 4) is 11.5 Å². The fourth-order valence-corrected chi connectivity index (χ4v) is 1.96. The second-order valence-corrected chi connectivity index (χ2v) is 4.30. The van der Waals surface area contributed by atoms with E-state index in [0.717, 1.165) is 17.0 Å². The standard InChI is InChI=1S/C16H10FNO2/c17-13-6-11(10-19)7-15(8-13)20-14-4-3-12-2-1-5-18-16(12)9-14/h1-10H. The van der Waals surface area contributed by atoms with Crippen LogP contribution in [0.15, 0.2) is 54.7 Å². The summed E-state index contributed by atoms with van der Waals surface area (Å²) in [5.41, 5.74) is 1.02. The fraction of sp³-hybridized carbons (Fsp3) is 0. The lowest BCUT2D eigenvalue weighted by molar-refractivity contribution is 0.112. The predicted molar refractivity (Wildman–Crippen MR) is 73.6 cm³/mol. The van der Waals surface area contributed by atoms with Gasteiger partial charge in [0.25, 0.3) is 0 Å². The Morgan fingerprint density at radius 3 is 2.80 bits per heavy atom. The highest BCUT2D eigenvalue weighted by Gasteiger charge is 2.04. The van der Waals surface area contributed by atoms with E-state index in [1.807, 2.05) is 18.2 Å². The van der Waals surface area contributed by atoms with Crippen molar-refractivity contribution < 1.29 is 13.9 Å². The molecule has 3 nitrogen and oxygen atoms in total. The van der Waals surface area contributed by atoms with Crippen LogP contribution in [0.2, 0.25) is 0 Å². The van der Waals surface area contributed by atoms with Crippen LogP contribution in [0.5, 0.6) is 11.5 Å². The molecule has 0 fully saturated rings. The average Bonchev–Trinajstić information content (AvgIpc) is 2.46. The monoisotopic (exact) mass is 267 g/mol. The Balaban J connectivity index is 1.96. The topological polar surface area (TPSA) is 39.2 Å². The van der Waals surface area contributed by atoms with Crippen molar-refractivity contribution in [3.05, 3.63) is 66.1 Å². The number of ether oxygens (including phenoxy) is 1. The number of benzene rings is 2. The van der Waals surface area contributed by atoms with E-state index in [9.17, 15) is 9.18 Å². The molecule has 0 saturated heterocycles. The number of hydrogen-bond acceptors (Lipinski definition) is 3. The number of hydrogen-bond donors (Lipinski definition) is 0. The summed E-state index contributed by atoms with van der Waals surface area (Å²) in [5.74, 6) is 0.310. The van der Waals surface area contributed by atoms with Gasteiger partial charge in [0.15, 0.2) is 0 Å². The molecule has 0 aliphatic carbocycles. The molecule has 4 heteroatoms. The minimum atomic E-state index is -0.511. The zero-order valence-electron chi connectivity index (χ0n) is 10.4. The van der Waals surface area contributed by atoms with E-state index >= 15 is 0 Å². The molecule has 0 saturated carbocycles. The summed E-state index contributed by atoms with van der Waals surface area (Å²) >= 11 is 0. The quantitative estimate of drug-likeness (QED) is 0.674. The normalized spacial score (nSPS) is 10.4. The van der Waals surface area contributed by atoms with Crippen LogP contribution in [0.25, 0.3) is 10.9 Å². The van der Waals surface area contributed by atoms with Crippen molar-refractivity contribution in [2.75, 3.05) is 0 Å². The molecule has 2 aromatic carbocycles. The molecule has 0 atom stereocenters. The molecular formula is C16H10FNO2. The van der Waals surface area contributed by atoms with Crippen LogP contribution in [-0.2, 0) is 0 Å². The number of nitrogens with zero attached hydrogens (tertiary/aromatic N) is 1. The van der Waals surface area contributed by atoms with Gasteiger partial charge in [0.05, 0.1) is 5.52 Å². The highest BCUT2D eigenvalue weighted by atomic mass is 19.1. The van der Waals surface area contributed by atoms with Gasteiger partial charge in [-0.25, -0.2) is 4.39 Å². The molecule has 0 radical (unpaired) electrons. The third kappa shape index (κ3) is 2.49. The number of halogens is 1. The second kappa shape index (κ2) is 5.09. The van der Waals surface area contributed by atoms with Crippen LogP contribution < -0.4 is 4.74 Å². The summed E-state index contributed by atoms with van der Waals surface area (Å²) in [6.45, 7) is 0. The molecule has 20 heavy (non-hydrogen) atoms. The zero-order chi connectivity index (χ0) is 13.9. The van der Waals surface area contributed by atoms with Crippen molar-refractivity contribution in [2.45, 2.75) is 0 Å². The van der Waals surface area contributed by atoms with Gasteiger partial charge < -0.3 is 4.74 Å². The van der Waals surface area contributed by atoms with Gasteiger partial charge >= 0.3 is 0 Å². The number of rotatable bonds is 3. The van der Waals surface area contributed by atoms with E-state index < -0.39 is 5.82 Å². The summed E-state index contributed by atoms with van der Waals surface area (Å²) in [4.78, 5) is 14.9. The summed E-state index contributed by atoms with van der Waals surface area (Å²) < 4.78 is 18.9. The predicted octanol–water partition coefficient (Wildman–Crippen LogP) is 3.98. The lowest BCUT2D eigenvalue weighted by Crippen LogP contribution is -1.89. The third-order valence-corrected chi connectivity index (χ3v) is 2.84. The molecule has 98 valence electrons. The Hall–Kier alpha value is -2.75. The van der Waals surface area contributed by atoms with Crippen LogP contribution in [0.4, 0.5) is 4.39 Å². The Morgan fingerprint density at radius 1 is 1.05 bits per heavy atom. The van der Waals surface area contributed by atoms with E-state index in [1.54, 1.807) is 18.3 Å². The van der Waals surface area contributed by atoms with E-state index in [0.29, 0.717) is 12.0 Å². The number of carbonyl (C=O) groups is 1. The van der Waals surface area contributed by atoms with Crippen molar-refractivity contribution >= 4 is 17.2 Å². The molecule has 0 aliphatic heterocycles. The fourth-order valence-electron chi connectivity index (χ4n) is 1.96. The Bertz CT molecular complexity index is 786. The van der Waals surface area contributed by atoms with Gasteiger partial charge in [0.2, 0.25) is 0 Å². The molecule has 0 unspecified atom stereocenters. The summed E-state index contributed by atoms with van der Waals surface area (Å²) in [6, 6.07) is 13.1. The Morgan fingerprint density at radius 2 is 1.95 bits per heavy atom. The lowest BCUT2D eigenvalue weighted by atomic mass is 10.2. The minimum absolute atomic E-state index is 0.235. The maximum absolute atomic E-state index is 13.3. The summed E-state index contributed by atoms with van der Waals surface area (Å²) in [7, 11) is 0. The van der Waals surface area contributed by atoms with Crippen LogP contribution in [-0.4, -0.2) is 11.3 Å². The number of aldehydes is 1. The van der Waals surface area contributed by atoms with Gasteiger partial charge in [0, 0.05) is 29.3 Å². The Kier molecular flexibility index (Phi) is 3.13. The van der Waals surface area contributed by atoms with Crippen LogP contribution >= 0.6 is 0 Å². The second-order valence-electron chi connectivity index (χ2n) is 4.30. The summed E-state index contributed by atoms with van der Waals surface area (Å²) in [6.07, 6.45) is 2.27. The smallest absolute Gasteiger partial charge is 0.150 e. The van der Waals surface area contributed by atoms with Gasteiger partial charge in [-0.1, -0.05) is 6.07 Å². The van der Waals surface area contributed by atoms with E-state index in [1.165, 1.54) is 12.1 Å². The van der Waals surface area contributed by atoms with E-state index in [2.05, 4.69) is 4.98 Å². The molecule has 3 aromatic rings. The van der Waals surface area contributed by atoms with Crippen LogP contribution in [0.3, 0.4) is 0 Å². The van der Waals surface area contributed by atoms with Gasteiger partial charge in [-0.15, -0.1) is 0 Å². The van der Waals surface area contributed by atoms with Gasteiger partial charge in [-0.2, -0.15) is 0 Å². The van der Waals surface area contributed by atoms with Gasteiger partial charge in [-0.05, 0) is 30.3 Å². The molecule has 0 amide bonds. The molecule has 0 N–H and O–H groups in total. The first-order valence-electron chi connectivity index (χ1n) is 6.03. The number of fused-ring (bicyclic) bond motifs is 1. The van der Waals surface area contributed by atoms with Crippen LogP contribution in [0.1, 0.15) is 10.4 Å². The molecular weight excluding hydrogens is 257 g/mol. The Labute approximate surface area is 114 Å². The van der Waals surface area contributed by atoms with Gasteiger partial charge in [0.1, 0.15) is 23.6 Å². The van der Waals surface area contributed by atoms with Crippen molar-refractivity contribution in [1.29, 1.82) is 0 Å². The largest absolute Gasteiger partial charge is 0.457 e. The van der Waals surface area contributed by atoms with Gasteiger partial charge in [-0.3, -0.25) is 9.78 Å². The highest BCUT2D eigenvalue weighted by Crippen LogP contribution is 2.25. The van der Waals surface area contributed by atoms with Crippen molar-refractivity contribution in [2.24, 2.45) is 0 Å². The molecule has 0 spiro atoms. The highest BCUT2D eigenvalue weighted by molar-refractivity contribution is 5.80. The maximum Gasteiger partial charge on any atom is 0.150 e. The molecule has 0 bridgehead atoms. The van der Waals surface area contributed by atoms with Crippen LogP contribution in [0, 0.1) is 5.82 Å². The maximum atomic E-state index is 13.3. The van der Waals surface area contributed by atoms with Crippen molar-refractivity contribution in [1.82, 2.24) is 4.98 Å². The first-order valence-corrected chi connectivity index (χ1v) is 6.03. The zero-order valence-corrected chi connectivity index (χ0v) is 10.4. The molecule has 3 rings (SSSR count). The molecule has 0 aliphatic rings. The number of carbonyl (C=O) groups excluding carboxylic acids is 1. The molecule has 1 aromatic heterocycles. The number of aromatic nitrogens is 1. The first-order chi connectivity index (χ1) is 9.74. The average molecular weight is 267 g/mol. The molecule has 1 heterocycles. The third-order valence-electron chi connectivity index (χ3n) is 2.84. The SMILES string of the molecule is O=Cc1cc(F)cc(Oc2ccc3cccnc3c2)c1. The number of pyridine rings is 1. The van der Waals surface area contributed by atoms with Crippen molar-refractivity contribution in [3.63, 3.8) is 0 Å². The summed E-state index contributed by atoms with van der Waals surface area (Å²) in [5, 5.41) is 0.993. The lowest BCUT2D eigenvalue weighted by Gasteiger charge is -2.07. The van der Waals surface area contributed by atoms with E-state index in [4.69, 9.17) is 4.74 Å². The minimum Gasteiger partial charge on any atom is -0.457 e. The first kappa shape index (κ1) is 12.3.